The number of nitrogens with zero attached hydrogens (tertiary/aromatic N) is 1. The van der Waals surface area contributed by atoms with E-state index in [0.717, 1.165) is 13.0 Å². The zero-order valence-corrected chi connectivity index (χ0v) is 11.6. The Morgan fingerprint density at radius 3 is 2.61 bits per heavy atom. The molecule has 0 aromatic rings. The summed E-state index contributed by atoms with van der Waals surface area (Å²) in [5.41, 5.74) is 0.722. The Morgan fingerprint density at radius 2 is 2.11 bits per heavy atom. The van der Waals surface area contributed by atoms with Crippen molar-refractivity contribution in [3.05, 3.63) is 11.6 Å². The number of likely N-dealkylation sites (tertiary alicyclic amines) is 1. The van der Waals surface area contributed by atoms with Gasteiger partial charge < -0.3 is 15.0 Å². The van der Waals surface area contributed by atoms with Crippen molar-refractivity contribution >= 4 is 12.0 Å². The van der Waals surface area contributed by atoms with Crippen LogP contribution < -0.4 is 5.32 Å². The van der Waals surface area contributed by atoms with Gasteiger partial charge in [0.15, 0.2) is 0 Å². The Hall–Kier alpha value is -1.52. The normalized spacial score (nSPS) is 18.0. The second-order valence-corrected chi connectivity index (χ2v) is 5.37. The molecule has 2 amide bonds. The standard InChI is InChI=1S/C13H22N2O3/c1-5-10-6-7-15(9-10)11(16)8-14-12(17)18-13(2,3)4/h5H,6-9H2,1-4H3,(H,14,17). The number of alkyl carbamates (subject to hydrolysis) is 1. The number of hydrogen-bond donors (Lipinski definition) is 1. The summed E-state index contributed by atoms with van der Waals surface area (Å²) in [7, 11) is 0. The lowest BCUT2D eigenvalue weighted by atomic mass is 10.2. The first kappa shape index (κ1) is 14.5. The van der Waals surface area contributed by atoms with Gasteiger partial charge in [-0.2, -0.15) is 0 Å². The molecule has 0 unspecified atom stereocenters. The topological polar surface area (TPSA) is 58.6 Å². The molecule has 1 fully saturated rings. The van der Waals surface area contributed by atoms with Crippen molar-refractivity contribution in [3.63, 3.8) is 0 Å². The third-order valence-electron chi connectivity index (χ3n) is 2.64. The van der Waals surface area contributed by atoms with Crippen LogP contribution in [0.4, 0.5) is 4.79 Å². The third kappa shape index (κ3) is 4.77. The van der Waals surface area contributed by atoms with Crippen molar-refractivity contribution < 1.29 is 14.3 Å². The van der Waals surface area contributed by atoms with E-state index in [1.807, 2.05) is 13.0 Å². The highest BCUT2D eigenvalue weighted by atomic mass is 16.6. The van der Waals surface area contributed by atoms with Crippen LogP contribution in [0.3, 0.4) is 0 Å². The van der Waals surface area contributed by atoms with Crippen molar-refractivity contribution in [3.8, 4) is 0 Å². The van der Waals surface area contributed by atoms with Crippen LogP contribution >= 0.6 is 0 Å². The molecule has 0 radical (unpaired) electrons. The molecule has 0 spiro atoms. The molecule has 1 rings (SSSR count). The number of amides is 2. The molecule has 0 atom stereocenters. The largest absolute Gasteiger partial charge is 0.444 e. The van der Waals surface area contributed by atoms with Gasteiger partial charge in [-0.1, -0.05) is 11.6 Å². The molecule has 1 aliphatic rings. The Bertz CT molecular complexity index is 356. The quantitative estimate of drug-likeness (QED) is 0.763. The molecule has 1 heterocycles. The van der Waals surface area contributed by atoms with E-state index in [1.165, 1.54) is 5.57 Å². The van der Waals surface area contributed by atoms with Crippen molar-refractivity contribution in [1.82, 2.24) is 10.2 Å². The van der Waals surface area contributed by atoms with Crippen LogP contribution in [0.15, 0.2) is 11.6 Å². The lowest BCUT2D eigenvalue weighted by Gasteiger charge is -2.20. The van der Waals surface area contributed by atoms with Gasteiger partial charge in [0.2, 0.25) is 5.91 Å². The predicted molar refractivity (Wildman–Crippen MR) is 69.2 cm³/mol. The second-order valence-electron chi connectivity index (χ2n) is 5.37. The molecular weight excluding hydrogens is 232 g/mol. The molecule has 0 aromatic heterocycles. The molecule has 102 valence electrons. The van der Waals surface area contributed by atoms with Gasteiger partial charge in [-0.05, 0) is 34.1 Å². The van der Waals surface area contributed by atoms with Gasteiger partial charge in [0.25, 0.3) is 0 Å². The number of allylic oxidation sites excluding steroid dienone is 1. The Kier molecular flexibility index (Phi) is 4.76. The first-order valence-electron chi connectivity index (χ1n) is 6.20. The highest BCUT2D eigenvalue weighted by molar-refractivity contribution is 5.82. The second kappa shape index (κ2) is 5.89. The number of nitrogens with one attached hydrogen (secondary N) is 1. The maximum atomic E-state index is 11.8. The van der Waals surface area contributed by atoms with Gasteiger partial charge in [0.1, 0.15) is 12.1 Å². The lowest BCUT2D eigenvalue weighted by Crippen LogP contribution is -2.40. The minimum Gasteiger partial charge on any atom is -0.444 e. The van der Waals surface area contributed by atoms with E-state index in [1.54, 1.807) is 25.7 Å². The van der Waals surface area contributed by atoms with Crippen LogP contribution in [0, 0.1) is 0 Å². The van der Waals surface area contributed by atoms with Crippen molar-refractivity contribution in [2.75, 3.05) is 19.6 Å². The number of hydrogen-bond acceptors (Lipinski definition) is 3. The minimum absolute atomic E-state index is 0.00803. The smallest absolute Gasteiger partial charge is 0.408 e. The molecule has 1 aliphatic heterocycles. The van der Waals surface area contributed by atoms with Gasteiger partial charge >= 0.3 is 6.09 Å². The first-order valence-corrected chi connectivity index (χ1v) is 6.20. The van der Waals surface area contributed by atoms with Crippen molar-refractivity contribution in [2.45, 2.75) is 39.7 Å². The summed E-state index contributed by atoms with van der Waals surface area (Å²) in [4.78, 5) is 24.9. The molecule has 0 saturated carbocycles. The molecule has 0 aromatic carbocycles. The molecule has 5 heteroatoms. The molecule has 0 aliphatic carbocycles. The van der Waals surface area contributed by atoms with Gasteiger partial charge in [-0.3, -0.25) is 4.79 Å². The van der Waals surface area contributed by atoms with E-state index >= 15 is 0 Å². The van der Waals surface area contributed by atoms with Crippen LogP contribution in [-0.2, 0) is 9.53 Å². The lowest BCUT2D eigenvalue weighted by molar-refractivity contribution is -0.129. The summed E-state index contributed by atoms with van der Waals surface area (Å²) < 4.78 is 5.06. The summed E-state index contributed by atoms with van der Waals surface area (Å²) in [6, 6.07) is 0. The van der Waals surface area contributed by atoms with E-state index in [-0.39, 0.29) is 12.5 Å². The molecular formula is C13H22N2O3. The van der Waals surface area contributed by atoms with E-state index in [0.29, 0.717) is 6.54 Å². The zero-order valence-electron chi connectivity index (χ0n) is 11.6. The predicted octanol–water partition coefficient (Wildman–Crippen LogP) is 1.69. The average Bonchev–Trinajstić information content (AvgIpc) is 2.72. The fourth-order valence-electron chi connectivity index (χ4n) is 1.70. The van der Waals surface area contributed by atoms with Gasteiger partial charge in [-0.15, -0.1) is 0 Å². The maximum absolute atomic E-state index is 11.8. The Labute approximate surface area is 108 Å². The highest BCUT2D eigenvalue weighted by Crippen LogP contribution is 2.14. The van der Waals surface area contributed by atoms with Gasteiger partial charge in [0.05, 0.1) is 0 Å². The van der Waals surface area contributed by atoms with E-state index in [4.69, 9.17) is 4.74 Å². The SMILES string of the molecule is CC=C1CCN(C(=O)CNC(=O)OC(C)(C)C)C1. The van der Waals surface area contributed by atoms with Gasteiger partial charge in [0, 0.05) is 13.1 Å². The van der Waals surface area contributed by atoms with Crippen LogP contribution in [0.5, 0.6) is 0 Å². The highest BCUT2D eigenvalue weighted by Gasteiger charge is 2.22. The van der Waals surface area contributed by atoms with Crippen LogP contribution in [0.1, 0.15) is 34.1 Å². The van der Waals surface area contributed by atoms with E-state index in [9.17, 15) is 9.59 Å². The third-order valence-corrected chi connectivity index (χ3v) is 2.64. The summed E-state index contributed by atoms with van der Waals surface area (Å²) >= 11 is 0. The minimum atomic E-state index is -0.554. The Morgan fingerprint density at radius 1 is 1.44 bits per heavy atom. The van der Waals surface area contributed by atoms with Crippen molar-refractivity contribution in [2.24, 2.45) is 0 Å². The van der Waals surface area contributed by atoms with Gasteiger partial charge in [-0.25, -0.2) is 4.79 Å². The van der Waals surface area contributed by atoms with E-state index < -0.39 is 11.7 Å². The molecule has 5 nitrogen and oxygen atoms in total. The number of rotatable bonds is 2. The Balaban J connectivity index is 2.32. The summed E-state index contributed by atoms with van der Waals surface area (Å²) in [6.45, 7) is 8.72. The fourth-order valence-corrected chi connectivity index (χ4v) is 1.70. The molecule has 18 heavy (non-hydrogen) atoms. The first-order chi connectivity index (χ1) is 8.31. The molecule has 1 N–H and O–H groups in total. The molecule has 0 bridgehead atoms. The van der Waals surface area contributed by atoms with Crippen LogP contribution in [-0.4, -0.2) is 42.1 Å². The van der Waals surface area contributed by atoms with Crippen molar-refractivity contribution in [1.29, 1.82) is 0 Å². The number of ether oxygens (including phenoxy) is 1. The van der Waals surface area contributed by atoms with Crippen LogP contribution in [0.25, 0.3) is 0 Å². The average molecular weight is 254 g/mol. The number of carbonyl (C=O) groups excluding carboxylic acids is 2. The zero-order chi connectivity index (χ0) is 13.8. The van der Waals surface area contributed by atoms with Crippen LogP contribution in [0.2, 0.25) is 0 Å². The maximum Gasteiger partial charge on any atom is 0.408 e. The summed E-state index contributed by atoms with van der Waals surface area (Å²) in [5.74, 6) is -0.0716. The van der Waals surface area contributed by atoms with E-state index in [2.05, 4.69) is 5.32 Å². The molecule has 1 saturated heterocycles. The monoisotopic (exact) mass is 254 g/mol. The summed E-state index contributed by atoms with van der Waals surface area (Å²) in [5, 5.41) is 2.48. The number of carbonyl (C=O) groups is 2. The summed E-state index contributed by atoms with van der Waals surface area (Å²) in [6.07, 6.45) is 2.41. The fraction of sp³-hybridized carbons (Fsp3) is 0.692.